The van der Waals surface area contributed by atoms with Gasteiger partial charge < -0.3 is 0 Å². The zero-order valence-electron chi connectivity index (χ0n) is 8.82. The quantitative estimate of drug-likeness (QED) is 0.560. The van der Waals surface area contributed by atoms with Crippen molar-refractivity contribution >= 4 is 15.9 Å². The van der Waals surface area contributed by atoms with Crippen LogP contribution in [0, 0.1) is 5.92 Å². The maximum Gasteiger partial charge on any atom is 0.0436 e. The van der Waals surface area contributed by atoms with Crippen LogP contribution in [-0.2, 0) is 0 Å². The van der Waals surface area contributed by atoms with E-state index in [1.165, 1.54) is 44.9 Å². The number of alkyl halides is 1. The first-order valence-corrected chi connectivity index (χ1v) is 6.75. The second kappa shape index (κ2) is 4.95. The number of hydrogen-bond donors (Lipinski definition) is 2. The Morgan fingerprint density at radius 2 is 1.71 bits per heavy atom. The molecule has 1 aliphatic heterocycles. The monoisotopic (exact) mass is 260 g/mol. The van der Waals surface area contributed by atoms with Crippen molar-refractivity contribution in [3.8, 4) is 0 Å². The minimum absolute atomic E-state index is 0.378. The molecule has 0 aromatic heterocycles. The molecule has 1 aliphatic carbocycles. The van der Waals surface area contributed by atoms with Gasteiger partial charge in [0.25, 0.3) is 0 Å². The molecule has 0 bridgehead atoms. The lowest BCUT2D eigenvalue weighted by atomic mass is 9.83. The van der Waals surface area contributed by atoms with E-state index in [2.05, 4.69) is 26.8 Å². The van der Waals surface area contributed by atoms with E-state index in [0.717, 1.165) is 19.0 Å². The van der Waals surface area contributed by atoms with Crippen LogP contribution in [0.4, 0.5) is 0 Å². The second-order valence-corrected chi connectivity index (χ2v) is 6.33. The molecule has 3 heteroatoms. The first kappa shape index (κ1) is 10.9. The highest BCUT2D eigenvalue weighted by Crippen LogP contribution is 2.40. The summed E-state index contributed by atoms with van der Waals surface area (Å²) in [5.41, 5.74) is 6.51. The zero-order chi connectivity index (χ0) is 9.86. The van der Waals surface area contributed by atoms with Gasteiger partial charge in [-0.05, 0) is 25.2 Å². The number of rotatable bonds is 1. The Morgan fingerprint density at radius 3 is 2.29 bits per heavy atom. The van der Waals surface area contributed by atoms with E-state index in [4.69, 9.17) is 0 Å². The molecule has 2 rings (SSSR count). The minimum atomic E-state index is 0.378. The van der Waals surface area contributed by atoms with Gasteiger partial charge in [-0.15, -0.1) is 0 Å². The van der Waals surface area contributed by atoms with Crippen LogP contribution in [-0.4, -0.2) is 17.4 Å². The van der Waals surface area contributed by atoms with Gasteiger partial charge in [0.15, 0.2) is 0 Å². The Balaban J connectivity index is 1.95. The molecule has 2 fully saturated rings. The predicted molar refractivity (Wildman–Crippen MR) is 63.5 cm³/mol. The average molecular weight is 261 g/mol. The van der Waals surface area contributed by atoms with E-state index in [0.29, 0.717) is 4.32 Å². The number of halogens is 1. The van der Waals surface area contributed by atoms with Crippen molar-refractivity contribution in [1.82, 2.24) is 10.9 Å². The number of hydrogen-bond acceptors (Lipinski definition) is 2. The van der Waals surface area contributed by atoms with Gasteiger partial charge >= 0.3 is 0 Å². The predicted octanol–water partition coefficient (Wildman–Crippen LogP) is 2.59. The van der Waals surface area contributed by atoms with Gasteiger partial charge in [-0.2, -0.15) is 0 Å². The first-order valence-electron chi connectivity index (χ1n) is 5.96. The summed E-state index contributed by atoms with van der Waals surface area (Å²) in [7, 11) is 0. The molecule has 2 N–H and O–H groups in total. The molecule has 1 saturated carbocycles. The highest BCUT2D eigenvalue weighted by Gasteiger charge is 2.37. The molecular formula is C11H21BrN2. The molecule has 2 nitrogen and oxygen atoms in total. The van der Waals surface area contributed by atoms with Crippen LogP contribution in [0.25, 0.3) is 0 Å². The maximum atomic E-state index is 3.99. The highest BCUT2D eigenvalue weighted by molar-refractivity contribution is 9.10. The Labute approximate surface area is 95.3 Å². The first-order chi connectivity index (χ1) is 6.81. The molecule has 2 aliphatic rings. The number of hydrazine groups is 1. The molecule has 14 heavy (non-hydrogen) atoms. The summed E-state index contributed by atoms with van der Waals surface area (Å²) in [6, 6.07) is 0. The van der Waals surface area contributed by atoms with Crippen LogP contribution in [0.1, 0.15) is 44.9 Å². The normalized spacial score (nSPS) is 36.6. The van der Waals surface area contributed by atoms with Crippen molar-refractivity contribution in [1.29, 1.82) is 0 Å². The van der Waals surface area contributed by atoms with Crippen molar-refractivity contribution in [3.05, 3.63) is 0 Å². The summed E-state index contributed by atoms with van der Waals surface area (Å²) >= 11 is 3.99. The molecule has 0 spiro atoms. The van der Waals surface area contributed by atoms with Crippen molar-refractivity contribution in [3.63, 3.8) is 0 Å². The van der Waals surface area contributed by atoms with Gasteiger partial charge in [0.2, 0.25) is 0 Å². The van der Waals surface area contributed by atoms with E-state index in [-0.39, 0.29) is 0 Å². The lowest BCUT2D eigenvalue weighted by Crippen LogP contribution is -2.53. The topological polar surface area (TPSA) is 24.1 Å². The van der Waals surface area contributed by atoms with Crippen LogP contribution in [0.15, 0.2) is 0 Å². The van der Waals surface area contributed by atoms with Gasteiger partial charge in [0.1, 0.15) is 0 Å². The third-order valence-electron chi connectivity index (χ3n) is 3.76. The molecule has 1 atom stereocenters. The molecule has 82 valence electrons. The van der Waals surface area contributed by atoms with E-state index >= 15 is 0 Å². The SMILES string of the molecule is BrC1(C2CCCCCC2)CCNNC1. The van der Waals surface area contributed by atoms with Crippen LogP contribution in [0.5, 0.6) is 0 Å². The fourth-order valence-corrected chi connectivity index (χ4v) is 3.60. The molecule has 0 aromatic carbocycles. The maximum absolute atomic E-state index is 3.99. The molecule has 1 heterocycles. The summed E-state index contributed by atoms with van der Waals surface area (Å²) in [6.45, 7) is 2.18. The van der Waals surface area contributed by atoms with E-state index in [9.17, 15) is 0 Å². The van der Waals surface area contributed by atoms with Crippen molar-refractivity contribution in [2.75, 3.05) is 13.1 Å². The molecule has 1 unspecified atom stereocenters. The lowest BCUT2D eigenvalue weighted by Gasteiger charge is -2.39. The standard InChI is InChI=1S/C11H21BrN2/c12-11(7-8-13-14-9-11)10-5-3-1-2-4-6-10/h10,13-14H,1-9H2. The number of nitrogens with one attached hydrogen (secondary N) is 2. The van der Waals surface area contributed by atoms with Gasteiger partial charge in [-0.25, -0.2) is 0 Å². The zero-order valence-corrected chi connectivity index (χ0v) is 10.4. The summed E-state index contributed by atoms with van der Waals surface area (Å²) in [4.78, 5) is 0. The van der Waals surface area contributed by atoms with Crippen molar-refractivity contribution < 1.29 is 0 Å². The van der Waals surface area contributed by atoms with Gasteiger partial charge in [-0.3, -0.25) is 10.9 Å². The van der Waals surface area contributed by atoms with E-state index in [1.807, 2.05) is 0 Å². The van der Waals surface area contributed by atoms with E-state index < -0.39 is 0 Å². The summed E-state index contributed by atoms with van der Waals surface area (Å²) in [6.07, 6.45) is 9.89. The van der Waals surface area contributed by atoms with Crippen LogP contribution < -0.4 is 10.9 Å². The van der Waals surface area contributed by atoms with Gasteiger partial charge in [-0.1, -0.05) is 41.6 Å². The molecular weight excluding hydrogens is 240 g/mol. The Hall–Kier alpha value is 0.400. The summed E-state index contributed by atoms with van der Waals surface area (Å²) in [5, 5.41) is 0. The fourth-order valence-electron chi connectivity index (χ4n) is 2.80. The smallest absolute Gasteiger partial charge is 0.0436 e. The largest absolute Gasteiger partial charge is 0.258 e. The molecule has 1 saturated heterocycles. The second-order valence-electron chi connectivity index (χ2n) is 4.75. The molecule has 0 radical (unpaired) electrons. The summed E-state index contributed by atoms with van der Waals surface area (Å²) in [5.74, 6) is 0.889. The van der Waals surface area contributed by atoms with Crippen molar-refractivity contribution in [2.24, 2.45) is 5.92 Å². The Bertz CT molecular complexity index is 170. The fraction of sp³-hybridized carbons (Fsp3) is 1.00. The highest BCUT2D eigenvalue weighted by atomic mass is 79.9. The Morgan fingerprint density at radius 1 is 1.00 bits per heavy atom. The third-order valence-corrected chi connectivity index (χ3v) is 5.08. The molecule has 0 amide bonds. The van der Waals surface area contributed by atoms with Crippen LogP contribution in [0.2, 0.25) is 0 Å². The molecule has 0 aromatic rings. The van der Waals surface area contributed by atoms with Crippen molar-refractivity contribution in [2.45, 2.75) is 49.3 Å². The average Bonchev–Trinajstić information content (AvgIpc) is 2.47. The third kappa shape index (κ3) is 2.50. The van der Waals surface area contributed by atoms with Gasteiger partial charge in [0.05, 0.1) is 0 Å². The van der Waals surface area contributed by atoms with E-state index in [1.54, 1.807) is 0 Å². The minimum Gasteiger partial charge on any atom is -0.258 e. The van der Waals surface area contributed by atoms with Gasteiger partial charge in [0, 0.05) is 17.4 Å². The van der Waals surface area contributed by atoms with Crippen LogP contribution in [0.3, 0.4) is 0 Å². The van der Waals surface area contributed by atoms with Crippen LogP contribution >= 0.6 is 15.9 Å². The lowest BCUT2D eigenvalue weighted by molar-refractivity contribution is 0.264. The summed E-state index contributed by atoms with van der Waals surface area (Å²) < 4.78 is 0.378. The Kier molecular flexibility index (Phi) is 3.86.